The Labute approximate surface area is 122 Å². The lowest BCUT2D eigenvalue weighted by atomic mass is 9.74. The lowest BCUT2D eigenvalue weighted by molar-refractivity contribution is -0.0937. The number of hydrogen-bond acceptors (Lipinski definition) is 6. The van der Waals surface area contributed by atoms with Crippen LogP contribution in [0.25, 0.3) is 0 Å². The first-order valence-electron chi connectivity index (χ1n) is 6.87. The van der Waals surface area contributed by atoms with Crippen molar-refractivity contribution in [3.63, 3.8) is 0 Å². The molecule has 1 aliphatic carbocycles. The number of aliphatic hydroxyl groups is 4. The van der Waals surface area contributed by atoms with Gasteiger partial charge < -0.3 is 20.4 Å². The van der Waals surface area contributed by atoms with Crippen LogP contribution in [0.4, 0.5) is 0 Å². The summed E-state index contributed by atoms with van der Waals surface area (Å²) in [6.45, 7) is -1.56. The molecule has 0 aromatic carbocycles. The predicted molar refractivity (Wildman–Crippen MR) is 75.3 cm³/mol. The number of aromatic amines is 1. The van der Waals surface area contributed by atoms with Crippen molar-refractivity contribution in [1.82, 2.24) is 15.4 Å². The number of allylic oxidation sites excluding steroid dienone is 4. The first kappa shape index (κ1) is 15.8. The van der Waals surface area contributed by atoms with Gasteiger partial charge in [0.1, 0.15) is 0 Å². The van der Waals surface area contributed by atoms with Gasteiger partial charge in [-0.3, -0.25) is 0 Å². The summed E-state index contributed by atoms with van der Waals surface area (Å²) in [5, 5.41) is 49.4. The molecule has 0 fully saturated rings. The number of H-pyrrole nitrogens is 1. The van der Waals surface area contributed by atoms with Crippen LogP contribution < -0.4 is 0 Å². The van der Waals surface area contributed by atoms with Crippen molar-refractivity contribution in [2.24, 2.45) is 5.41 Å². The summed E-state index contributed by atoms with van der Waals surface area (Å²) in [5.74, 6) is -0.471. The van der Waals surface area contributed by atoms with Crippen molar-refractivity contribution < 1.29 is 20.4 Å². The molecule has 7 nitrogen and oxygen atoms in total. The predicted octanol–water partition coefficient (Wildman–Crippen LogP) is -0.511. The van der Waals surface area contributed by atoms with E-state index in [4.69, 9.17) is 0 Å². The smallest absolute Gasteiger partial charge is 0.0884 e. The third-order valence-electron chi connectivity index (χ3n) is 4.10. The molecule has 116 valence electrons. The van der Waals surface area contributed by atoms with Gasteiger partial charge in [0.2, 0.25) is 0 Å². The second-order valence-electron chi connectivity index (χ2n) is 5.44. The van der Waals surface area contributed by atoms with Crippen molar-refractivity contribution in [2.75, 3.05) is 19.8 Å². The molecule has 2 atom stereocenters. The molecule has 2 rings (SSSR count). The molecule has 5 N–H and O–H groups in total. The van der Waals surface area contributed by atoms with Crippen LogP contribution in [0, 0.1) is 5.41 Å². The van der Waals surface area contributed by atoms with E-state index in [1.165, 1.54) is 6.20 Å². The van der Waals surface area contributed by atoms with Gasteiger partial charge in [0.15, 0.2) is 0 Å². The fraction of sp³-hybridized carbons (Fsp3) is 0.571. The maximum absolute atomic E-state index is 10.6. The van der Waals surface area contributed by atoms with Gasteiger partial charge in [-0.15, -0.1) is 0 Å². The minimum absolute atomic E-state index is 0.471. The largest absolute Gasteiger partial charge is 0.396 e. The van der Waals surface area contributed by atoms with Crippen molar-refractivity contribution in [1.29, 1.82) is 0 Å². The molecular weight excluding hydrogens is 274 g/mol. The molecule has 1 aliphatic rings. The first-order valence-corrected chi connectivity index (χ1v) is 6.87. The standard InChI is InChI=1S/C14H21N3O4/c18-7-14(8-19,9-20)13(21)11(12-6-15-17-16-12)5-10-3-1-2-4-10/h1-3,6,11,13,18-21H,4-5,7-9H2,(H,15,16,17). The maximum Gasteiger partial charge on any atom is 0.0884 e. The van der Waals surface area contributed by atoms with E-state index in [2.05, 4.69) is 15.4 Å². The summed E-state index contributed by atoms with van der Waals surface area (Å²) in [5.41, 5.74) is 0.274. The Morgan fingerprint density at radius 3 is 2.43 bits per heavy atom. The lowest BCUT2D eigenvalue weighted by Crippen LogP contribution is -2.48. The second-order valence-corrected chi connectivity index (χ2v) is 5.44. The van der Waals surface area contributed by atoms with Crippen molar-refractivity contribution in [2.45, 2.75) is 24.9 Å². The summed E-state index contributed by atoms with van der Waals surface area (Å²) >= 11 is 0. The van der Waals surface area contributed by atoms with E-state index >= 15 is 0 Å². The maximum atomic E-state index is 10.6. The Balaban J connectivity index is 2.25. The van der Waals surface area contributed by atoms with Gasteiger partial charge >= 0.3 is 0 Å². The first-order chi connectivity index (χ1) is 10.2. The minimum Gasteiger partial charge on any atom is -0.396 e. The SMILES string of the molecule is OCC(CO)(CO)C(O)C(CC1=CC=CC1)c1cn[nH]n1. The molecule has 1 aromatic heterocycles. The fourth-order valence-corrected chi connectivity index (χ4v) is 2.55. The quantitative estimate of drug-likeness (QED) is 0.440. The highest BCUT2D eigenvalue weighted by Crippen LogP contribution is 2.36. The van der Waals surface area contributed by atoms with Gasteiger partial charge in [-0.1, -0.05) is 23.8 Å². The summed E-state index contributed by atoms with van der Waals surface area (Å²) in [4.78, 5) is 0. The van der Waals surface area contributed by atoms with Crippen LogP contribution in [0.1, 0.15) is 24.5 Å². The average molecular weight is 295 g/mol. The number of nitrogens with zero attached hydrogens (tertiary/aromatic N) is 2. The van der Waals surface area contributed by atoms with Crippen LogP contribution in [-0.4, -0.2) is 61.8 Å². The van der Waals surface area contributed by atoms with E-state index in [-0.39, 0.29) is 0 Å². The lowest BCUT2D eigenvalue weighted by Gasteiger charge is -2.37. The highest BCUT2D eigenvalue weighted by atomic mass is 16.3. The molecule has 0 radical (unpaired) electrons. The van der Waals surface area contributed by atoms with E-state index in [0.29, 0.717) is 12.1 Å². The van der Waals surface area contributed by atoms with Crippen molar-refractivity contribution in [3.05, 3.63) is 35.7 Å². The Kier molecular flexibility index (Phi) is 5.24. The second kappa shape index (κ2) is 6.95. The minimum atomic E-state index is -1.38. The number of aromatic nitrogens is 3. The van der Waals surface area contributed by atoms with E-state index in [1.54, 1.807) is 0 Å². The monoisotopic (exact) mass is 295 g/mol. The third kappa shape index (κ3) is 3.21. The zero-order valence-corrected chi connectivity index (χ0v) is 11.7. The van der Waals surface area contributed by atoms with E-state index < -0.39 is 37.3 Å². The number of hydrogen-bond donors (Lipinski definition) is 5. The van der Waals surface area contributed by atoms with E-state index in [0.717, 1.165) is 12.0 Å². The van der Waals surface area contributed by atoms with Crippen LogP contribution in [-0.2, 0) is 0 Å². The molecule has 2 unspecified atom stereocenters. The van der Waals surface area contributed by atoms with Gasteiger partial charge in [-0.05, 0) is 12.8 Å². The molecule has 0 aliphatic heterocycles. The number of nitrogens with one attached hydrogen (secondary N) is 1. The molecule has 7 heteroatoms. The molecule has 1 aromatic rings. The molecule has 0 bridgehead atoms. The van der Waals surface area contributed by atoms with Gasteiger partial charge in [-0.2, -0.15) is 15.4 Å². The molecule has 21 heavy (non-hydrogen) atoms. The Morgan fingerprint density at radius 1 is 1.24 bits per heavy atom. The van der Waals surface area contributed by atoms with Crippen molar-refractivity contribution in [3.8, 4) is 0 Å². The normalized spacial score (nSPS) is 17.8. The van der Waals surface area contributed by atoms with Gasteiger partial charge in [0.05, 0.1) is 43.2 Å². The van der Waals surface area contributed by atoms with Crippen LogP contribution >= 0.6 is 0 Å². The van der Waals surface area contributed by atoms with E-state index in [9.17, 15) is 20.4 Å². The third-order valence-corrected chi connectivity index (χ3v) is 4.10. The molecule has 0 saturated carbocycles. The Hall–Kier alpha value is -1.54. The number of aliphatic hydroxyl groups excluding tert-OH is 4. The molecule has 1 heterocycles. The molecule has 0 amide bonds. The zero-order chi connectivity index (χ0) is 15.3. The zero-order valence-electron chi connectivity index (χ0n) is 11.7. The van der Waals surface area contributed by atoms with Crippen LogP contribution in [0.2, 0.25) is 0 Å². The van der Waals surface area contributed by atoms with Crippen molar-refractivity contribution >= 4 is 0 Å². The summed E-state index contributed by atoms with van der Waals surface area (Å²) in [6.07, 6.45) is 7.60. The molecule has 0 saturated heterocycles. The molecular formula is C14H21N3O4. The van der Waals surface area contributed by atoms with Gasteiger partial charge in [0, 0.05) is 5.92 Å². The summed E-state index contributed by atoms with van der Waals surface area (Å²) in [7, 11) is 0. The van der Waals surface area contributed by atoms with Crippen LogP contribution in [0.3, 0.4) is 0 Å². The highest BCUT2D eigenvalue weighted by molar-refractivity contribution is 5.26. The van der Waals surface area contributed by atoms with Crippen LogP contribution in [0.15, 0.2) is 30.0 Å². The fourth-order valence-electron chi connectivity index (χ4n) is 2.55. The number of rotatable bonds is 8. The topological polar surface area (TPSA) is 122 Å². The molecule has 0 spiro atoms. The summed E-state index contributed by atoms with van der Waals surface area (Å²) in [6, 6.07) is 0. The highest BCUT2D eigenvalue weighted by Gasteiger charge is 2.42. The van der Waals surface area contributed by atoms with Crippen LogP contribution in [0.5, 0.6) is 0 Å². The van der Waals surface area contributed by atoms with Gasteiger partial charge in [-0.25, -0.2) is 0 Å². The average Bonchev–Trinajstić information content (AvgIpc) is 3.20. The summed E-state index contributed by atoms with van der Waals surface area (Å²) < 4.78 is 0. The Morgan fingerprint density at radius 2 is 1.95 bits per heavy atom. The van der Waals surface area contributed by atoms with E-state index in [1.807, 2.05) is 18.2 Å². The van der Waals surface area contributed by atoms with Gasteiger partial charge in [0.25, 0.3) is 0 Å². The Bertz CT molecular complexity index is 486.